The highest BCUT2D eigenvalue weighted by molar-refractivity contribution is 7.13. The number of fused-ring (bicyclic) bond motifs is 1. The summed E-state index contributed by atoms with van der Waals surface area (Å²) >= 11 is 1.58. The van der Waals surface area contributed by atoms with Crippen LogP contribution in [0.3, 0.4) is 0 Å². The van der Waals surface area contributed by atoms with Gasteiger partial charge in [0.1, 0.15) is 29.9 Å². The van der Waals surface area contributed by atoms with E-state index in [2.05, 4.69) is 41.1 Å². The number of nitrogens with zero attached hydrogens (tertiary/aromatic N) is 7. The van der Waals surface area contributed by atoms with E-state index in [1.807, 2.05) is 50.5 Å². The summed E-state index contributed by atoms with van der Waals surface area (Å²) in [6.45, 7) is 8.45. The van der Waals surface area contributed by atoms with Crippen LogP contribution in [0.1, 0.15) is 125 Å². The minimum atomic E-state index is -3.63. The van der Waals surface area contributed by atoms with Crippen molar-refractivity contribution in [3.8, 4) is 16.2 Å². The zero-order chi connectivity index (χ0) is 57.8. The molecule has 23 heteroatoms. The van der Waals surface area contributed by atoms with Crippen LogP contribution in [0, 0.1) is 18.2 Å². The molecular formula is C58H78F3N11O8S. The number of piperidine rings is 1. The number of benzene rings is 2. The van der Waals surface area contributed by atoms with Gasteiger partial charge in [-0.25, -0.2) is 14.4 Å². The van der Waals surface area contributed by atoms with Gasteiger partial charge in [-0.1, -0.05) is 76.6 Å². The third-order valence-corrected chi connectivity index (χ3v) is 16.8. The molecule has 19 nitrogen and oxygen atoms in total. The Morgan fingerprint density at radius 3 is 2.37 bits per heavy atom. The summed E-state index contributed by atoms with van der Waals surface area (Å²) in [5.41, 5.74) is 4.24. The van der Waals surface area contributed by atoms with Gasteiger partial charge >= 0.3 is 5.92 Å². The summed E-state index contributed by atoms with van der Waals surface area (Å²) in [4.78, 5) is 86.0. The van der Waals surface area contributed by atoms with Crippen LogP contribution in [0.2, 0.25) is 0 Å². The molecule has 4 aliphatic rings. The van der Waals surface area contributed by atoms with Gasteiger partial charge in [0, 0.05) is 77.4 Å². The van der Waals surface area contributed by atoms with Crippen LogP contribution in [0.4, 0.5) is 36.3 Å². The molecule has 2 atom stereocenters. The third-order valence-electron chi connectivity index (χ3n) is 15.8. The molecule has 2 saturated heterocycles. The van der Waals surface area contributed by atoms with E-state index in [0.29, 0.717) is 19.4 Å². The maximum absolute atomic E-state index is 15.7. The summed E-state index contributed by atoms with van der Waals surface area (Å²) in [6, 6.07) is 9.19. The number of hydrogen-bond acceptors (Lipinski definition) is 15. The molecular weight excluding hydrogens is 1070 g/mol. The largest absolute Gasteiger partial charge is 0.495 e. The number of aromatic nitrogens is 3. The predicted molar refractivity (Wildman–Crippen MR) is 303 cm³/mol. The Kier molecular flexibility index (Phi) is 20.6. The molecule has 0 radical (unpaired) electrons. The number of hydrogen-bond donors (Lipinski definition) is 5. The van der Waals surface area contributed by atoms with Gasteiger partial charge in [-0.2, -0.15) is 13.8 Å². The molecule has 5 amide bonds. The number of anilines is 4. The van der Waals surface area contributed by atoms with Gasteiger partial charge in [0.25, 0.3) is 11.8 Å². The van der Waals surface area contributed by atoms with Crippen molar-refractivity contribution in [2.75, 3.05) is 81.8 Å². The van der Waals surface area contributed by atoms with Crippen molar-refractivity contribution in [1.29, 1.82) is 0 Å². The highest BCUT2D eigenvalue weighted by Gasteiger charge is 2.49. The lowest BCUT2D eigenvalue weighted by Crippen LogP contribution is -2.48. The van der Waals surface area contributed by atoms with Gasteiger partial charge in [-0.05, 0) is 74.6 Å². The standard InChI is InChI=1S/C58H78F3N11O8S/c1-37-51(81-36-65-37)39-18-16-38(17-19-39)30-62-54(77)46-26-42(73)32-71(46)50(75)29-57(2,3)34-64-49(74)33-80-25-13-9-7-6-8-12-22-70-23-20-40(21-24-70)66-53(76)43-27-48(79-5)45(28-44(43)59)67-56-63-31-47-52(68-56)72(41-14-10-11-15-41)35-58(60,61)55(78)69(47)4/h16-19,27-28,31,36,40-42,46,73H,6-15,20-26,29-30,32-35H2,1-5H3,(H,62,77)(H,64,74)(H,66,76)(H,63,67,68)/t42-,46+/m1/s1. The number of carbonyl (C=O) groups excluding carboxylic acids is 5. The van der Waals surface area contributed by atoms with Gasteiger partial charge in [0.05, 0.1) is 53.3 Å². The van der Waals surface area contributed by atoms with E-state index in [4.69, 9.17) is 9.47 Å². The smallest absolute Gasteiger partial charge is 0.342 e. The van der Waals surface area contributed by atoms with Crippen molar-refractivity contribution in [2.24, 2.45) is 5.41 Å². The van der Waals surface area contributed by atoms with E-state index in [1.165, 1.54) is 36.2 Å². The minimum Gasteiger partial charge on any atom is -0.495 e. The number of thiazole rings is 1. The summed E-state index contributed by atoms with van der Waals surface area (Å²) in [7, 11) is 2.66. The molecule has 0 unspecified atom stereocenters. The van der Waals surface area contributed by atoms with Crippen molar-refractivity contribution < 1.29 is 51.7 Å². The Morgan fingerprint density at radius 2 is 1.67 bits per heavy atom. The van der Waals surface area contributed by atoms with E-state index < -0.39 is 47.7 Å². The first-order valence-corrected chi connectivity index (χ1v) is 29.2. The lowest BCUT2D eigenvalue weighted by atomic mass is 9.88. The van der Waals surface area contributed by atoms with Crippen molar-refractivity contribution in [3.63, 3.8) is 0 Å². The van der Waals surface area contributed by atoms with Crippen LogP contribution in [0.25, 0.3) is 10.4 Å². The van der Waals surface area contributed by atoms with Crippen LogP contribution < -0.4 is 35.8 Å². The SMILES string of the molecule is COc1cc(C(=O)NC2CCN(CCCCCCCCOCC(=O)NCC(C)(C)CC(=O)N3C[C@H](O)C[C@H]3C(=O)NCc3ccc(-c4scnc4C)cc3)CC2)c(F)cc1Nc1ncc2c(n1)N(C1CCCC1)CC(F)(F)C(=O)N2C. The van der Waals surface area contributed by atoms with Gasteiger partial charge < -0.3 is 55.4 Å². The van der Waals surface area contributed by atoms with Gasteiger partial charge in [0.2, 0.25) is 23.7 Å². The number of likely N-dealkylation sites (tertiary alicyclic amines) is 2. The second-order valence-corrected chi connectivity index (χ2v) is 23.6. The number of unbranched alkanes of at least 4 members (excludes halogenated alkanes) is 5. The van der Waals surface area contributed by atoms with E-state index in [9.17, 15) is 29.1 Å². The number of nitrogens with one attached hydrogen (secondary N) is 4. The van der Waals surface area contributed by atoms with Crippen molar-refractivity contribution in [3.05, 3.63) is 70.7 Å². The number of aliphatic hydroxyl groups excluding tert-OH is 1. The fourth-order valence-electron chi connectivity index (χ4n) is 11.2. The molecule has 1 saturated carbocycles. The lowest BCUT2D eigenvalue weighted by molar-refractivity contribution is -0.140. The number of amides is 5. The Bertz CT molecular complexity index is 2830. The molecule has 3 fully saturated rings. The second-order valence-electron chi connectivity index (χ2n) is 22.7. The maximum atomic E-state index is 15.7. The quantitative estimate of drug-likeness (QED) is 0.0405. The Balaban J connectivity index is 0.666. The second kappa shape index (κ2) is 27.6. The number of halogens is 3. The van der Waals surface area contributed by atoms with E-state index in [1.54, 1.807) is 11.3 Å². The first-order chi connectivity index (χ1) is 38.8. The van der Waals surface area contributed by atoms with Crippen LogP contribution >= 0.6 is 11.3 Å². The first-order valence-electron chi connectivity index (χ1n) is 28.4. The number of β-amino-alcohol motifs (C(OH)–C–C–N with tert-alkyl or cyclic N) is 1. The summed E-state index contributed by atoms with van der Waals surface area (Å²) in [5.74, 6) is -6.86. The molecule has 5 heterocycles. The Labute approximate surface area is 476 Å². The van der Waals surface area contributed by atoms with Crippen LogP contribution in [0.15, 0.2) is 48.1 Å². The van der Waals surface area contributed by atoms with Gasteiger partial charge in [-0.15, -0.1) is 11.3 Å². The number of rotatable bonds is 25. The number of aryl methyl sites for hydroxylation is 1. The van der Waals surface area contributed by atoms with Crippen LogP contribution in [-0.4, -0.2) is 156 Å². The van der Waals surface area contributed by atoms with Crippen LogP contribution in [0.5, 0.6) is 5.75 Å². The zero-order valence-electron chi connectivity index (χ0n) is 47.2. The number of carbonyl (C=O) groups is 5. The fraction of sp³-hybridized carbons (Fsp3) is 0.586. The topological polar surface area (TPSA) is 224 Å². The van der Waals surface area contributed by atoms with E-state index >= 15 is 13.2 Å². The number of methoxy groups -OCH3 is 1. The molecule has 2 aromatic carbocycles. The van der Waals surface area contributed by atoms with E-state index in [-0.39, 0.29) is 103 Å². The van der Waals surface area contributed by atoms with Crippen molar-refractivity contribution in [2.45, 2.75) is 147 Å². The summed E-state index contributed by atoms with van der Waals surface area (Å²) in [6.07, 6.45) is 11.4. The highest BCUT2D eigenvalue weighted by atomic mass is 32.1. The zero-order valence-corrected chi connectivity index (χ0v) is 48.0. The monoisotopic (exact) mass is 1150 g/mol. The van der Waals surface area contributed by atoms with E-state index in [0.717, 1.165) is 117 Å². The molecule has 440 valence electrons. The molecule has 4 aromatic rings. The molecule has 5 N–H and O–H groups in total. The predicted octanol–water partition coefficient (Wildman–Crippen LogP) is 7.52. The Morgan fingerprint density at radius 1 is 0.951 bits per heavy atom. The molecule has 8 rings (SSSR count). The lowest BCUT2D eigenvalue weighted by Gasteiger charge is -2.32. The summed E-state index contributed by atoms with van der Waals surface area (Å²) in [5, 5.41) is 22.2. The number of aliphatic hydroxyl groups is 1. The average molecular weight is 1150 g/mol. The fourth-order valence-corrected chi connectivity index (χ4v) is 12.0. The maximum Gasteiger partial charge on any atom is 0.342 e. The number of alkyl halides is 2. The van der Waals surface area contributed by atoms with Gasteiger partial charge in [0.15, 0.2) is 5.82 Å². The molecule has 3 aliphatic heterocycles. The number of ether oxygens (including phenoxy) is 2. The molecule has 2 aromatic heterocycles. The molecule has 81 heavy (non-hydrogen) atoms. The first kappa shape index (κ1) is 60.7. The van der Waals surface area contributed by atoms with Gasteiger partial charge in [-0.3, -0.25) is 24.0 Å². The third kappa shape index (κ3) is 16.0. The minimum absolute atomic E-state index is 0.0170. The average Bonchev–Trinajstić information content (AvgIpc) is 4.39. The highest BCUT2D eigenvalue weighted by Crippen LogP contribution is 2.40. The van der Waals surface area contributed by atoms with Crippen molar-refractivity contribution >= 4 is 64.0 Å². The molecule has 1 aliphatic carbocycles. The van der Waals surface area contributed by atoms with Crippen molar-refractivity contribution in [1.82, 2.24) is 40.7 Å². The summed E-state index contributed by atoms with van der Waals surface area (Å²) < 4.78 is 57.0. The normalized spacial score (nSPS) is 18.9. The molecule has 0 bridgehead atoms. The van der Waals surface area contributed by atoms with Crippen LogP contribution in [-0.2, 0) is 30.5 Å². The molecule has 0 spiro atoms. The Hall–Kier alpha value is -6.43.